The van der Waals surface area contributed by atoms with Gasteiger partial charge in [0.15, 0.2) is 0 Å². The van der Waals surface area contributed by atoms with E-state index in [0.717, 1.165) is 0 Å². The number of nitrogens with zero attached hydrogens (tertiary/aromatic N) is 2. The predicted octanol–water partition coefficient (Wildman–Crippen LogP) is 0.813. The Hall–Kier alpha value is -1.45. The lowest BCUT2D eigenvalue weighted by Gasteiger charge is -1.98. The van der Waals surface area contributed by atoms with Crippen LogP contribution in [0.25, 0.3) is 5.53 Å². The van der Waals surface area contributed by atoms with Gasteiger partial charge in [-0.05, 0) is 6.42 Å². The van der Waals surface area contributed by atoms with Gasteiger partial charge in [0.25, 0.3) is 0 Å². The van der Waals surface area contributed by atoms with E-state index in [0.29, 0.717) is 26.1 Å². The molecule has 0 aliphatic heterocycles. The molecule has 0 bridgehead atoms. The molecule has 0 N–H and O–H groups in total. The maximum Gasteiger partial charge on any atom is 0.416 e. The number of rotatable bonds is 7. The zero-order valence-corrected chi connectivity index (χ0v) is 8.23. The van der Waals surface area contributed by atoms with Crippen LogP contribution in [0.5, 0.6) is 0 Å². The van der Waals surface area contributed by atoms with Crippen LogP contribution in [-0.4, -0.2) is 36.8 Å². The summed E-state index contributed by atoms with van der Waals surface area (Å²) in [4.78, 5) is 13.7. The molecule has 14 heavy (non-hydrogen) atoms. The smallest absolute Gasteiger partial charge is 0.416 e. The molecule has 0 saturated heterocycles. The molecular weight excluding hydrogens is 184 g/mol. The van der Waals surface area contributed by atoms with E-state index in [9.17, 15) is 4.79 Å². The zero-order valence-electron chi connectivity index (χ0n) is 8.23. The Morgan fingerprint density at radius 1 is 1.64 bits per heavy atom. The first-order valence-corrected chi connectivity index (χ1v) is 4.24. The SMILES string of the molecule is C=CCOCCCC(=[N+]=[N-])C(=O)OC. The van der Waals surface area contributed by atoms with Gasteiger partial charge in [-0.3, -0.25) is 0 Å². The Bertz CT molecular complexity index is 244. The predicted molar refractivity (Wildman–Crippen MR) is 50.9 cm³/mol. The lowest BCUT2D eigenvalue weighted by molar-refractivity contribution is -0.137. The minimum Gasteiger partial charge on any atom is -0.460 e. The van der Waals surface area contributed by atoms with Gasteiger partial charge in [-0.15, -0.1) is 6.58 Å². The van der Waals surface area contributed by atoms with Crippen molar-refractivity contribution in [1.29, 1.82) is 0 Å². The largest absolute Gasteiger partial charge is 0.460 e. The Labute approximate surface area is 82.9 Å². The van der Waals surface area contributed by atoms with Crippen LogP contribution in [0.15, 0.2) is 12.7 Å². The molecule has 0 aromatic heterocycles. The molecule has 0 spiro atoms. The summed E-state index contributed by atoms with van der Waals surface area (Å²) in [6, 6.07) is 0. The summed E-state index contributed by atoms with van der Waals surface area (Å²) in [5.74, 6) is -0.615. The maximum absolute atomic E-state index is 10.9. The van der Waals surface area contributed by atoms with Crippen molar-refractivity contribution in [1.82, 2.24) is 0 Å². The van der Waals surface area contributed by atoms with Crippen molar-refractivity contribution in [2.75, 3.05) is 20.3 Å². The summed E-state index contributed by atoms with van der Waals surface area (Å²) >= 11 is 0. The van der Waals surface area contributed by atoms with Crippen molar-refractivity contribution in [3.05, 3.63) is 18.2 Å². The Morgan fingerprint density at radius 3 is 2.86 bits per heavy atom. The first-order valence-electron chi connectivity index (χ1n) is 4.24. The highest BCUT2D eigenvalue weighted by molar-refractivity contribution is 6.33. The van der Waals surface area contributed by atoms with Gasteiger partial charge in [0.05, 0.1) is 20.1 Å². The topological polar surface area (TPSA) is 71.9 Å². The minimum atomic E-state index is -0.615. The molecule has 0 fully saturated rings. The van der Waals surface area contributed by atoms with Crippen LogP contribution in [0, 0.1) is 0 Å². The van der Waals surface area contributed by atoms with Gasteiger partial charge in [0, 0.05) is 6.61 Å². The number of carbonyl (C=O) groups is 1. The van der Waals surface area contributed by atoms with Crippen LogP contribution >= 0.6 is 0 Å². The van der Waals surface area contributed by atoms with Gasteiger partial charge < -0.3 is 15.0 Å². The van der Waals surface area contributed by atoms with Gasteiger partial charge in [-0.2, -0.15) is 4.79 Å². The van der Waals surface area contributed by atoms with Crippen LogP contribution < -0.4 is 0 Å². The van der Waals surface area contributed by atoms with E-state index in [4.69, 9.17) is 10.3 Å². The second-order valence-corrected chi connectivity index (χ2v) is 2.51. The van der Waals surface area contributed by atoms with E-state index in [-0.39, 0.29) is 5.71 Å². The maximum atomic E-state index is 10.9. The van der Waals surface area contributed by atoms with Gasteiger partial charge in [-0.1, -0.05) is 6.08 Å². The normalized spacial score (nSPS) is 8.93. The third kappa shape index (κ3) is 5.24. The quantitative estimate of drug-likeness (QED) is 0.152. The van der Waals surface area contributed by atoms with Crippen LogP contribution in [0.2, 0.25) is 0 Å². The summed E-state index contributed by atoms with van der Waals surface area (Å²) in [7, 11) is 1.24. The van der Waals surface area contributed by atoms with Crippen molar-refractivity contribution in [2.45, 2.75) is 12.8 Å². The van der Waals surface area contributed by atoms with Gasteiger partial charge in [-0.25, -0.2) is 4.79 Å². The van der Waals surface area contributed by atoms with Crippen LogP contribution in [-0.2, 0) is 14.3 Å². The monoisotopic (exact) mass is 198 g/mol. The fourth-order valence-electron chi connectivity index (χ4n) is 0.819. The standard InChI is InChI=1S/C9H14N2O3/c1-3-6-14-7-4-5-8(11-10)9(12)13-2/h3H,1,4-7H2,2H3. The molecule has 0 aromatic rings. The number of ether oxygens (including phenoxy) is 2. The molecule has 78 valence electrons. The zero-order chi connectivity index (χ0) is 10.8. The Kier molecular flexibility index (Phi) is 7.32. The average molecular weight is 198 g/mol. The number of hydrogen-bond acceptors (Lipinski definition) is 3. The lowest BCUT2D eigenvalue weighted by atomic mass is 10.2. The molecule has 5 nitrogen and oxygen atoms in total. The molecule has 0 saturated carbocycles. The van der Waals surface area contributed by atoms with E-state index < -0.39 is 5.97 Å². The van der Waals surface area contributed by atoms with Crippen molar-refractivity contribution in [3.8, 4) is 0 Å². The van der Waals surface area contributed by atoms with Crippen LogP contribution in [0.4, 0.5) is 0 Å². The van der Waals surface area contributed by atoms with Gasteiger partial charge >= 0.3 is 11.7 Å². The molecule has 0 rings (SSSR count). The van der Waals surface area contributed by atoms with Gasteiger partial charge in [0.1, 0.15) is 0 Å². The summed E-state index contributed by atoms with van der Waals surface area (Å²) in [5.41, 5.74) is 8.47. The Morgan fingerprint density at radius 2 is 2.36 bits per heavy atom. The minimum absolute atomic E-state index is 0.00898. The molecule has 0 unspecified atom stereocenters. The molecule has 0 atom stereocenters. The number of methoxy groups -OCH3 is 1. The third-order valence-electron chi connectivity index (χ3n) is 1.48. The van der Waals surface area contributed by atoms with Crippen LogP contribution in [0.1, 0.15) is 12.8 Å². The molecule has 0 heterocycles. The second kappa shape index (κ2) is 8.16. The number of esters is 1. The van der Waals surface area contributed by atoms with E-state index >= 15 is 0 Å². The first-order chi connectivity index (χ1) is 6.76. The van der Waals surface area contributed by atoms with Crippen molar-refractivity contribution < 1.29 is 19.1 Å². The van der Waals surface area contributed by atoms with E-state index in [2.05, 4.69) is 16.1 Å². The number of carbonyl (C=O) groups excluding carboxylic acids is 1. The summed E-state index contributed by atoms with van der Waals surface area (Å²) in [6.45, 7) is 4.45. The lowest BCUT2D eigenvalue weighted by Crippen LogP contribution is -2.17. The number of hydrogen-bond donors (Lipinski definition) is 0. The fraction of sp³-hybridized carbons (Fsp3) is 0.556. The molecule has 0 radical (unpaired) electrons. The fourth-order valence-corrected chi connectivity index (χ4v) is 0.819. The average Bonchev–Trinajstić information content (AvgIpc) is 2.22. The van der Waals surface area contributed by atoms with Crippen LogP contribution in [0.3, 0.4) is 0 Å². The highest BCUT2D eigenvalue weighted by Gasteiger charge is 2.19. The molecule has 0 amide bonds. The molecule has 0 aliphatic carbocycles. The Balaban J connectivity index is 3.70. The summed E-state index contributed by atoms with van der Waals surface area (Å²) in [6.07, 6.45) is 2.57. The van der Waals surface area contributed by atoms with Crippen molar-refractivity contribution in [2.24, 2.45) is 0 Å². The first kappa shape index (κ1) is 12.6. The second-order valence-electron chi connectivity index (χ2n) is 2.51. The summed E-state index contributed by atoms with van der Waals surface area (Å²) < 4.78 is 9.48. The van der Waals surface area contributed by atoms with Crippen molar-refractivity contribution >= 4 is 11.7 Å². The van der Waals surface area contributed by atoms with Gasteiger partial charge in [0.2, 0.25) is 0 Å². The molecule has 0 aromatic carbocycles. The molecule has 5 heteroatoms. The van der Waals surface area contributed by atoms with E-state index in [1.807, 2.05) is 0 Å². The van der Waals surface area contributed by atoms with E-state index in [1.54, 1.807) is 6.08 Å². The van der Waals surface area contributed by atoms with Crippen molar-refractivity contribution in [3.63, 3.8) is 0 Å². The highest BCUT2D eigenvalue weighted by Crippen LogP contribution is 1.94. The molecular formula is C9H14N2O3. The van der Waals surface area contributed by atoms with E-state index in [1.165, 1.54) is 7.11 Å². The summed E-state index contributed by atoms with van der Waals surface area (Å²) in [5, 5.41) is 0. The molecule has 0 aliphatic rings. The third-order valence-corrected chi connectivity index (χ3v) is 1.48. The highest BCUT2D eigenvalue weighted by atomic mass is 16.5.